The lowest BCUT2D eigenvalue weighted by Gasteiger charge is -2.27. The maximum absolute atomic E-state index is 2.43. The smallest absolute Gasteiger partial charge is 0.0542 e. The molecule has 0 aliphatic rings. The Balaban J connectivity index is 1.22. The minimum atomic E-state index is 1.12. The second-order valence-corrected chi connectivity index (χ2v) is 12.9. The lowest BCUT2D eigenvalue weighted by atomic mass is 9.96. The fourth-order valence-electron chi connectivity index (χ4n) is 7.93. The van der Waals surface area contributed by atoms with Gasteiger partial charge in [-0.1, -0.05) is 146 Å². The Labute approximate surface area is 290 Å². The van der Waals surface area contributed by atoms with Gasteiger partial charge >= 0.3 is 0 Å². The summed E-state index contributed by atoms with van der Waals surface area (Å²) < 4.78 is 2.43. The zero-order valence-electron chi connectivity index (χ0n) is 27.4. The zero-order valence-corrected chi connectivity index (χ0v) is 27.4. The highest BCUT2D eigenvalue weighted by Crippen LogP contribution is 2.44. The van der Waals surface area contributed by atoms with E-state index in [0.29, 0.717) is 0 Å². The van der Waals surface area contributed by atoms with Gasteiger partial charge in [-0.2, -0.15) is 0 Å². The van der Waals surface area contributed by atoms with E-state index in [4.69, 9.17) is 0 Å². The van der Waals surface area contributed by atoms with Crippen LogP contribution in [-0.2, 0) is 0 Å². The van der Waals surface area contributed by atoms with Crippen LogP contribution in [0.15, 0.2) is 194 Å². The Kier molecular flexibility index (Phi) is 6.53. The van der Waals surface area contributed by atoms with Gasteiger partial charge in [0.25, 0.3) is 0 Å². The molecule has 2 heteroatoms. The van der Waals surface area contributed by atoms with Crippen molar-refractivity contribution >= 4 is 71.2 Å². The quantitative estimate of drug-likeness (QED) is 0.171. The van der Waals surface area contributed by atoms with Crippen LogP contribution in [0.1, 0.15) is 0 Å². The summed E-state index contributed by atoms with van der Waals surface area (Å²) in [4.78, 5) is 2.42. The lowest BCUT2D eigenvalue weighted by molar-refractivity contribution is 1.18. The van der Waals surface area contributed by atoms with Crippen LogP contribution in [0.5, 0.6) is 0 Å². The van der Waals surface area contributed by atoms with E-state index in [1.165, 1.54) is 70.9 Å². The van der Waals surface area contributed by atoms with Crippen LogP contribution >= 0.6 is 0 Å². The zero-order chi connectivity index (χ0) is 33.0. The van der Waals surface area contributed by atoms with E-state index >= 15 is 0 Å². The Morgan fingerprint density at radius 2 is 0.960 bits per heavy atom. The number of rotatable bonds is 5. The highest BCUT2D eigenvalue weighted by molar-refractivity contribution is 6.20. The molecule has 10 rings (SSSR count). The van der Waals surface area contributed by atoms with Gasteiger partial charge in [0, 0.05) is 33.1 Å². The molecule has 50 heavy (non-hydrogen) atoms. The van der Waals surface area contributed by atoms with Crippen LogP contribution in [0.25, 0.3) is 70.9 Å². The van der Waals surface area contributed by atoms with E-state index in [1.54, 1.807) is 0 Å². The van der Waals surface area contributed by atoms with Crippen molar-refractivity contribution in [1.29, 1.82) is 0 Å². The molecule has 0 amide bonds. The van der Waals surface area contributed by atoms with E-state index in [2.05, 4.69) is 204 Å². The monoisotopic (exact) mass is 636 g/mol. The van der Waals surface area contributed by atoms with Crippen molar-refractivity contribution in [3.05, 3.63) is 194 Å². The van der Waals surface area contributed by atoms with Gasteiger partial charge in [-0.15, -0.1) is 0 Å². The predicted molar refractivity (Wildman–Crippen MR) is 213 cm³/mol. The second kappa shape index (κ2) is 11.5. The summed E-state index contributed by atoms with van der Waals surface area (Å²) in [5.41, 5.74) is 9.36. The average Bonchev–Trinajstić information content (AvgIpc) is 3.52. The molecule has 9 aromatic carbocycles. The summed E-state index contributed by atoms with van der Waals surface area (Å²) in [7, 11) is 0. The van der Waals surface area contributed by atoms with Crippen molar-refractivity contribution in [1.82, 2.24) is 4.57 Å². The number of para-hydroxylation sites is 3. The Hall–Kier alpha value is -6.64. The van der Waals surface area contributed by atoms with Crippen molar-refractivity contribution in [2.75, 3.05) is 4.90 Å². The molecule has 0 saturated heterocycles. The van der Waals surface area contributed by atoms with E-state index in [1.807, 2.05) is 0 Å². The molecule has 10 aromatic rings. The van der Waals surface area contributed by atoms with Crippen LogP contribution in [-0.4, -0.2) is 4.57 Å². The fourth-order valence-corrected chi connectivity index (χ4v) is 7.93. The van der Waals surface area contributed by atoms with Crippen LogP contribution in [0.2, 0.25) is 0 Å². The molecule has 0 spiro atoms. The second-order valence-electron chi connectivity index (χ2n) is 12.9. The Morgan fingerprint density at radius 3 is 1.84 bits per heavy atom. The third-order valence-electron chi connectivity index (χ3n) is 10.2. The summed E-state index contributed by atoms with van der Waals surface area (Å²) >= 11 is 0. The van der Waals surface area contributed by atoms with Crippen LogP contribution in [0, 0.1) is 0 Å². The summed E-state index contributed by atoms with van der Waals surface area (Å²) in [5, 5.41) is 10.0. The Bertz CT molecular complexity index is 2870. The van der Waals surface area contributed by atoms with Crippen molar-refractivity contribution in [2.24, 2.45) is 0 Å². The fraction of sp³-hybridized carbons (Fsp3) is 0. The molecule has 0 unspecified atom stereocenters. The minimum Gasteiger partial charge on any atom is -0.310 e. The molecule has 0 atom stereocenters. The van der Waals surface area contributed by atoms with E-state index in [0.717, 1.165) is 17.1 Å². The molecule has 0 aliphatic carbocycles. The number of hydrogen-bond donors (Lipinski definition) is 0. The molecular formula is C48H32N2. The van der Waals surface area contributed by atoms with Crippen molar-refractivity contribution in [3.63, 3.8) is 0 Å². The van der Waals surface area contributed by atoms with Gasteiger partial charge in [-0.25, -0.2) is 0 Å². The van der Waals surface area contributed by atoms with Gasteiger partial charge in [0.1, 0.15) is 0 Å². The number of benzene rings is 9. The third kappa shape index (κ3) is 4.43. The number of aromatic nitrogens is 1. The molecule has 0 N–H and O–H groups in total. The first kappa shape index (κ1) is 28.4. The van der Waals surface area contributed by atoms with Gasteiger partial charge < -0.3 is 9.47 Å². The van der Waals surface area contributed by atoms with Crippen molar-refractivity contribution in [3.8, 4) is 16.8 Å². The van der Waals surface area contributed by atoms with Gasteiger partial charge in [-0.3, -0.25) is 0 Å². The van der Waals surface area contributed by atoms with E-state index < -0.39 is 0 Å². The lowest BCUT2D eigenvalue weighted by Crippen LogP contribution is -2.10. The van der Waals surface area contributed by atoms with Crippen LogP contribution < -0.4 is 4.90 Å². The molecule has 0 saturated carbocycles. The summed E-state index contributed by atoms with van der Waals surface area (Å²) in [5.74, 6) is 0. The molecule has 0 bridgehead atoms. The molecule has 0 radical (unpaired) electrons. The van der Waals surface area contributed by atoms with Gasteiger partial charge in [0.15, 0.2) is 0 Å². The molecule has 0 aliphatic heterocycles. The maximum atomic E-state index is 2.43. The molecule has 1 heterocycles. The minimum absolute atomic E-state index is 1.12. The van der Waals surface area contributed by atoms with Gasteiger partial charge in [0.05, 0.1) is 22.4 Å². The van der Waals surface area contributed by atoms with Crippen LogP contribution in [0.3, 0.4) is 0 Å². The number of hydrogen-bond acceptors (Lipinski definition) is 1. The molecule has 1 aromatic heterocycles. The molecular weight excluding hydrogens is 605 g/mol. The average molecular weight is 637 g/mol. The largest absolute Gasteiger partial charge is 0.310 e. The number of fused-ring (bicyclic) bond motifs is 8. The van der Waals surface area contributed by atoms with Gasteiger partial charge in [0.2, 0.25) is 0 Å². The maximum Gasteiger partial charge on any atom is 0.0542 e. The van der Waals surface area contributed by atoms with Gasteiger partial charge in [-0.05, 0) is 81.0 Å². The Morgan fingerprint density at radius 1 is 0.340 bits per heavy atom. The topological polar surface area (TPSA) is 8.17 Å². The summed E-state index contributed by atoms with van der Waals surface area (Å²) in [6.07, 6.45) is 0. The summed E-state index contributed by atoms with van der Waals surface area (Å²) in [6.45, 7) is 0. The first-order chi connectivity index (χ1) is 24.8. The molecule has 234 valence electrons. The molecule has 2 nitrogen and oxygen atoms in total. The third-order valence-corrected chi connectivity index (χ3v) is 10.2. The first-order valence-corrected chi connectivity index (χ1v) is 17.2. The van der Waals surface area contributed by atoms with E-state index in [-0.39, 0.29) is 0 Å². The summed E-state index contributed by atoms with van der Waals surface area (Å²) in [6, 6.07) is 70.4. The van der Waals surface area contributed by atoms with E-state index in [9.17, 15) is 0 Å². The normalized spacial score (nSPS) is 11.6. The number of nitrogens with zero attached hydrogens (tertiary/aromatic N) is 2. The van der Waals surface area contributed by atoms with Crippen LogP contribution in [0.4, 0.5) is 17.1 Å². The molecule has 0 fully saturated rings. The van der Waals surface area contributed by atoms with Crippen molar-refractivity contribution in [2.45, 2.75) is 0 Å². The standard InChI is InChI=1S/C48H32N2/c1-3-14-33(15-4-1)38-20-9-11-23-45(38)50-47-24-12-10-21-42(47)44-32-36(27-31-48(44)50)49(35-17-5-2-6-18-35)46-25-13-22-39-41-28-26-34-16-7-8-19-37(34)40(41)29-30-43(39)46/h1-32H. The SMILES string of the molecule is c1ccc(-c2ccccc2-n2c3ccccc3c3cc(N(c4ccccc4)c4cccc5c4ccc4c6ccccc6ccc54)ccc32)cc1. The van der Waals surface area contributed by atoms with Crippen molar-refractivity contribution < 1.29 is 0 Å². The highest BCUT2D eigenvalue weighted by atomic mass is 15.1. The number of anilines is 3. The predicted octanol–water partition coefficient (Wildman–Crippen LogP) is 13.4. The first-order valence-electron chi connectivity index (χ1n) is 17.2. The highest BCUT2D eigenvalue weighted by Gasteiger charge is 2.20.